The Morgan fingerprint density at radius 1 is 1.25 bits per heavy atom. The lowest BCUT2D eigenvalue weighted by molar-refractivity contribution is 0.299. The van der Waals surface area contributed by atoms with E-state index >= 15 is 0 Å². The van der Waals surface area contributed by atoms with Gasteiger partial charge in [0.15, 0.2) is 0 Å². The van der Waals surface area contributed by atoms with Crippen LogP contribution in [-0.2, 0) is 0 Å². The van der Waals surface area contributed by atoms with Gasteiger partial charge in [-0.2, -0.15) is 11.8 Å². The Bertz CT molecular complexity index is 98.7. The molecule has 0 aliphatic heterocycles. The Hall–Kier alpha value is 0.270. The van der Waals surface area contributed by atoms with Gasteiger partial charge in [-0.1, -0.05) is 13.8 Å². The molecule has 0 rings (SSSR count). The molecule has 0 bridgehead atoms. The second-order valence-corrected chi connectivity index (χ2v) is 5.25. The molecular weight excluding hydrogens is 170 g/mol. The van der Waals surface area contributed by atoms with Crippen molar-refractivity contribution in [3.05, 3.63) is 0 Å². The van der Waals surface area contributed by atoms with Crippen molar-refractivity contribution in [2.75, 3.05) is 13.7 Å². The van der Waals surface area contributed by atoms with Crippen molar-refractivity contribution in [3.8, 4) is 0 Å². The van der Waals surface area contributed by atoms with E-state index in [4.69, 9.17) is 5.11 Å². The standard InChI is InChI=1S/C9H21NOS/c1-7(10-4)5-8(2)12-9(3)6-11/h7-11H,5-6H2,1-4H3. The van der Waals surface area contributed by atoms with Gasteiger partial charge >= 0.3 is 0 Å². The summed E-state index contributed by atoms with van der Waals surface area (Å²) < 4.78 is 0. The van der Waals surface area contributed by atoms with Gasteiger partial charge in [0, 0.05) is 16.5 Å². The van der Waals surface area contributed by atoms with Crippen molar-refractivity contribution in [2.24, 2.45) is 0 Å². The molecule has 0 amide bonds. The first-order valence-electron chi connectivity index (χ1n) is 4.53. The van der Waals surface area contributed by atoms with Gasteiger partial charge in [-0.05, 0) is 20.4 Å². The summed E-state index contributed by atoms with van der Waals surface area (Å²) in [5.41, 5.74) is 0. The zero-order valence-electron chi connectivity index (χ0n) is 8.50. The van der Waals surface area contributed by atoms with Crippen LogP contribution >= 0.6 is 11.8 Å². The number of thioether (sulfide) groups is 1. The fourth-order valence-electron chi connectivity index (χ4n) is 1.11. The second-order valence-electron chi connectivity index (χ2n) is 3.37. The highest BCUT2D eigenvalue weighted by Crippen LogP contribution is 2.20. The van der Waals surface area contributed by atoms with Gasteiger partial charge in [-0.3, -0.25) is 0 Å². The maximum absolute atomic E-state index is 8.84. The predicted octanol–water partition coefficient (Wildman–Crippen LogP) is 1.49. The number of rotatable bonds is 6. The van der Waals surface area contributed by atoms with Gasteiger partial charge in [0.25, 0.3) is 0 Å². The molecule has 0 saturated carbocycles. The molecule has 0 heterocycles. The van der Waals surface area contributed by atoms with Crippen LogP contribution in [0.1, 0.15) is 27.2 Å². The molecule has 3 unspecified atom stereocenters. The van der Waals surface area contributed by atoms with Gasteiger partial charge in [0.05, 0.1) is 6.61 Å². The van der Waals surface area contributed by atoms with Gasteiger partial charge in [-0.25, -0.2) is 0 Å². The molecule has 0 aromatic heterocycles. The summed E-state index contributed by atoms with van der Waals surface area (Å²) in [4.78, 5) is 0. The number of hydrogen-bond donors (Lipinski definition) is 2. The third-order valence-corrected chi connectivity index (χ3v) is 3.17. The summed E-state index contributed by atoms with van der Waals surface area (Å²) in [7, 11) is 1.98. The lowest BCUT2D eigenvalue weighted by atomic mass is 10.2. The quantitative estimate of drug-likeness (QED) is 0.667. The lowest BCUT2D eigenvalue weighted by Gasteiger charge is -2.18. The van der Waals surface area contributed by atoms with Crippen LogP contribution in [-0.4, -0.2) is 35.3 Å². The van der Waals surface area contributed by atoms with Crippen LogP contribution in [0, 0.1) is 0 Å². The summed E-state index contributed by atoms with van der Waals surface area (Å²) in [6.07, 6.45) is 1.16. The van der Waals surface area contributed by atoms with Crippen LogP contribution < -0.4 is 5.32 Å². The van der Waals surface area contributed by atoms with Crippen molar-refractivity contribution < 1.29 is 5.11 Å². The van der Waals surface area contributed by atoms with E-state index in [9.17, 15) is 0 Å². The van der Waals surface area contributed by atoms with Crippen LogP contribution in [0.25, 0.3) is 0 Å². The Balaban J connectivity index is 3.51. The van der Waals surface area contributed by atoms with E-state index in [1.807, 2.05) is 18.8 Å². The van der Waals surface area contributed by atoms with Gasteiger partial charge in [0.2, 0.25) is 0 Å². The summed E-state index contributed by atoms with van der Waals surface area (Å²) in [5, 5.41) is 13.0. The highest BCUT2D eigenvalue weighted by molar-refractivity contribution is 8.00. The molecule has 3 heteroatoms. The Labute approximate surface area is 80.1 Å². The maximum atomic E-state index is 8.84. The molecule has 0 spiro atoms. The van der Waals surface area contributed by atoms with E-state index in [2.05, 4.69) is 26.1 Å². The van der Waals surface area contributed by atoms with Crippen molar-refractivity contribution >= 4 is 11.8 Å². The van der Waals surface area contributed by atoms with Gasteiger partial charge < -0.3 is 10.4 Å². The summed E-state index contributed by atoms with van der Waals surface area (Å²) >= 11 is 1.85. The van der Waals surface area contributed by atoms with Crippen LogP contribution in [0.5, 0.6) is 0 Å². The van der Waals surface area contributed by atoms with E-state index in [1.54, 1.807) is 0 Å². The largest absolute Gasteiger partial charge is 0.395 e. The van der Waals surface area contributed by atoms with Crippen LogP contribution in [0.2, 0.25) is 0 Å². The summed E-state index contributed by atoms with van der Waals surface area (Å²) in [6.45, 7) is 6.74. The summed E-state index contributed by atoms with van der Waals surface area (Å²) in [6, 6.07) is 0.568. The third kappa shape index (κ3) is 5.86. The number of nitrogens with one attached hydrogen (secondary N) is 1. The van der Waals surface area contributed by atoms with Crippen molar-refractivity contribution in [2.45, 2.75) is 43.7 Å². The molecule has 0 aliphatic carbocycles. The molecule has 0 aromatic carbocycles. The minimum atomic E-state index is 0.281. The van der Waals surface area contributed by atoms with Crippen molar-refractivity contribution in [3.63, 3.8) is 0 Å². The first-order valence-corrected chi connectivity index (χ1v) is 5.48. The van der Waals surface area contributed by atoms with Gasteiger partial charge in [0.1, 0.15) is 0 Å². The highest BCUT2D eigenvalue weighted by Gasteiger charge is 2.10. The normalized spacial score (nSPS) is 18.8. The third-order valence-electron chi connectivity index (χ3n) is 1.90. The SMILES string of the molecule is CNC(C)CC(C)SC(C)CO. The molecule has 0 fully saturated rings. The van der Waals surface area contributed by atoms with E-state index in [1.165, 1.54) is 0 Å². The maximum Gasteiger partial charge on any atom is 0.0547 e. The van der Waals surface area contributed by atoms with E-state index in [0.717, 1.165) is 6.42 Å². The molecular formula is C9H21NOS. The van der Waals surface area contributed by atoms with E-state index in [-0.39, 0.29) is 6.61 Å². The van der Waals surface area contributed by atoms with Crippen LogP contribution in [0.3, 0.4) is 0 Å². The predicted molar refractivity (Wildman–Crippen MR) is 56.7 cm³/mol. The average molecular weight is 191 g/mol. The smallest absolute Gasteiger partial charge is 0.0547 e. The monoisotopic (exact) mass is 191 g/mol. The molecule has 0 radical (unpaired) electrons. The Morgan fingerprint density at radius 3 is 2.25 bits per heavy atom. The molecule has 0 saturated heterocycles. The lowest BCUT2D eigenvalue weighted by Crippen LogP contribution is -2.25. The fourth-order valence-corrected chi connectivity index (χ4v) is 2.39. The molecule has 0 aliphatic rings. The minimum Gasteiger partial charge on any atom is -0.395 e. The molecule has 0 aromatic rings. The highest BCUT2D eigenvalue weighted by atomic mass is 32.2. The number of aliphatic hydroxyl groups is 1. The molecule has 3 atom stereocenters. The molecule has 74 valence electrons. The van der Waals surface area contributed by atoms with E-state index in [0.29, 0.717) is 16.5 Å². The zero-order valence-corrected chi connectivity index (χ0v) is 9.32. The molecule has 12 heavy (non-hydrogen) atoms. The number of aliphatic hydroxyl groups excluding tert-OH is 1. The Morgan fingerprint density at radius 2 is 1.83 bits per heavy atom. The van der Waals surface area contributed by atoms with Gasteiger partial charge in [-0.15, -0.1) is 0 Å². The summed E-state index contributed by atoms with van der Waals surface area (Å²) in [5.74, 6) is 0. The molecule has 2 N–H and O–H groups in total. The van der Waals surface area contributed by atoms with Crippen LogP contribution in [0.15, 0.2) is 0 Å². The average Bonchev–Trinajstić information content (AvgIpc) is 2.03. The van der Waals surface area contributed by atoms with Crippen molar-refractivity contribution in [1.82, 2.24) is 5.32 Å². The zero-order chi connectivity index (χ0) is 9.56. The minimum absolute atomic E-state index is 0.281. The van der Waals surface area contributed by atoms with E-state index < -0.39 is 0 Å². The second kappa shape index (κ2) is 6.75. The molecule has 2 nitrogen and oxygen atoms in total. The number of hydrogen-bond acceptors (Lipinski definition) is 3. The first kappa shape index (κ1) is 12.3. The first-order chi connectivity index (χ1) is 5.60. The fraction of sp³-hybridized carbons (Fsp3) is 1.00. The van der Waals surface area contributed by atoms with Crippen LogP contribution in [0.4, 0.5) is 0 Å². The van der Waals surface area contributed by atoms with Crippen molar-refractivity contribution in [1.29, 1.82) is 0 Å². The topological polar surface area (TPSA) is 32.3 Å². The Kier molecular flexibility index (Phi) is 6.90.